The van der Waals surface area contributed by atoms with Crippen molar-refractivity contribution in [2.45, 2.75) is 6.54 Å². The molecule has 0 aromatic heterocycles. The number of benzene rings is 1. The van der Waals surface area contributed by atoms with E-state index in [1.54, 1.807) is 12.1 Å². The molecule has 0 atom stereocenters. The van der Waals surface area contributed by atoms with Crippen LogP contribution in [0.15, 0.2) is 22.7 Å². The number of carbonyl (C=O) groups excluding carboxylic acids is 2. The molecule has 7 heteroatoms. The largest absolute Gasteiger partial charge is 0.350 e. The van der Waals surface area contributed by atoms with Gasteiger partial charge in [-0.3, -0.25) is 9.59 Å². The molecule has 2 N–H and O–H groups in total. The smallest absolute Gasteiger partial charge is 0.239 e. The molecule has 0 radical (unpaired) electrons. The molecule has 4 nitrogen and oxygen atoms in total. The van der Waals surface area contributed by atoms with Gasteiger partial charge in [0.15, 0.2) is 0 Å². The first kappa shape index (κ1) is 14.9. The molecule has 2 amide bonds. The summed E-state index contributed by atoms with van der Waals surface area (Å²) in [5, 5.41) is 4.80. The van der Waals surface area contributed by atoms with Gasteiger partial charge in [0, 0.05) is 16.6 Å². The summed E-state index contributed by atoms with van der Waals surface area (Å²) in [5.41, 5.74) is 0.362. The molecule has 0 heterocycles. The van der Waals surface area contributed by atoms with Gasteiger partial charge in [-0.1, -0.05) is 15.9 Å². The zero-order chi connectivity index (χ0) is 13.5. The summed E-state index contributed by atoms with van der Waals surface area (Å²) in [7, 11) is 0. The quantitative estimate of drug-likeness (QED) is 0.801. The van der Waals surface area contributed by atoms with Crippen LogP contribution in [0.25, 0.3) is 0 Å². The Hall–Kier alpha value is -1.14. The van der Waals surface area contributed by atoms with E-state index in [9.17, 15) is 14.0 Å². The second-order valence-electron chi connectivity index (χ2n) is 3.42. The molecule has 98 valence electrons. The van der Waals surface area contributed by atoms with E-state index < -0.39 is 17.6 Å². The molecule has 0 unspecified atom stereocenters. The van der Waals surface area contributed by atoms with Gasteiger partial charge in [0.1, 0.15) is 11.7 Å². The third-order valence-corrected chi connectivity index (χ3v) is 2.79. The fourth-order valence-electron chi connectivity index (χ4n) is 1.16. The van der Waals surface area contributed by atoms with Crippen molar-refractivity contribution in [1.82, 2.24) is 10.6 Å². The Labute approximate surface area is 117 Å². The van der Waals surface area contributed by atoms with Gasteiger partial charge in [0.05, 0.1) is 6.54 Å². The Morgan fingerprint density at radius 3 is 2.67 bits per heavy atom. The van der Waals surface area contributed by atoms with Gasteiger partial charge in [0.25, 0.3) is 0 Å². The minimum Gasteiger partial charge on any atom is -0.350 e. The summed E-state index contributed by atoms with van der Waals surface area (Å²) in [5.74, 6) is -1.44. The van der Waals surface area contributed by atoms with E-state index in [0.717, 1.165) is 4.47 Å². The second kappa shape index (κ2) is 7.33. The van der Waals surface area contributed by atoms with Crippen LogP contribution in [-0.2, 0) is 16.1 Å². The lowest BCUT2D eigenvalue weighted by molar-refractivity contribution is -0.124. The predicted molar refractivity (Wildman–Crippen MR) is 69.7 cm³/mol. The van der Waals surface area contributed by atoms with Gasteiger partial charge in [-0.15, -0.1) is 11.6 Å². The van der Waals surface area contributed by atoms with Gasteiger partial charge in [-0.2, -0.15) is 0 Å². The normalized spacial score (nSPS) is 9.94. The number of hydrogen-bond donors (Lipinski definition) is 2. The van der Waals surface area contributed by atoms with Crippen molar-refractivity contribution in [2.24, 2.45) is 0 Å². The Morgan fingerprint density at radius 2 is 2.00 bits per heavy atom. The average Bonchev–Trinajstić information content (AvgIpc) is 2.36. The molecular formula is C11H11BrClFN2O2. The van der Waals surface area contributed by atoms with E-state index in [2.05, 4.69) is 26.6 Å². The highest BCUT2D eigenvalue weighted by Gasteiger charge is 2.07. The van der Waals surface area contributed by atoms with Crippen LogP contribution in [0.4, 0.5) is 4.39 Å². The van der Waals surface area contributed by atoms with Gasteiger partial charge in [0.2, 0.25) is 11.8 Å². The van der Waals surface area contributed by atoms with Crippen LogP contribution in [-0.4, -0.2) is 24.2 Å². The van der Waals surface area contributed by atoms with Crippen LogP contribution < -0.4 is 10.6 Å². The Morgan fingerprint density at radius 1 is 1.28 bits per heavy atom. The van der Waals surface area contributed by atoms with E-state index in [1.807, 2.05) is 0 Å². The number of hydrogen-bond acceptors (Lipinski definition) is 2. The molecule has 18 heavy (non-hydrogen) atoms. The maximum Gasteiger partial charge on any atom is 0.239 e. The Balaban J connectivity index is 2.42. The lowest BCUT2D eigenvalue weighted by Gasteiger charge is -2.07. The van der Waals surface area contributed by atoms with Crippen LogP contribution in [0.2, 0.25) is 0 Å². The van der Waals surface area contributed by atoms with Gasteiger partial charge < -0.3 is 10.6 Å². The number of amides is 2. The number of halogens is 3. The van der Waals surface area contributed by atoms with Crippen LogP contribution >= 0.6 is 27.5 Å². The summed E-state index contributed by atoms with van der Waals surface area (Å²) in [4.78, 5) is 22.1. The standard InChI is InChI=1S/C11H11BrClFN2O2/c12-8-1-2-9(14)7(3-8)5-15-11(18)6-16-10(17)4-13/h1-3H,4-6H2,(H,15,18)(H,16,17). The molecule has 0 saturated carbocycles. The minimum absolute atomic E-state index is 0.0564. The van der Waals surface area contributed by atoms with E-state index in [0.29, 0.717) is 5.56 Å². The van der Waals surface area contributed by atoms with Gasteiger partial charge in [-0.05, 0) is 18.2 Å². The van der Waals surface area contributed by atoms with Gasteiger partial charge in [-0.25, -0.2) is 4.39 Å². The maximum atomic E-state index is 13.3. The molecule has 1 rings (SSSR count). The maximum absolute atomic E-state index is 13.3. The number of rotatable bonds is 5. The lowest BCUT2D eigenvalue weighted by atomic mass is 10.2. The molecule has 1 aromatic rings. The van der Waals surface area contributed by atoms with Crippen molar-refractivity contribution < 1.29 is 14.0 Å². The Bertz CT molecular complexity index is 457. The lowest BCUT2D eigenvalue weighted by Crippen LogP contribution is -2.37. The van der Waals surface area contributed by atoms with Crippen molar-refractivity contribution in [3.63, 3.8) is 0 Å². The molecule has 0 aliphatic carbocycles. The monoisotopic (exact) mass is 336 g/mol. The van der Waals surface area contributed by atoms with Crippen molar-refractivity contribution in [1.29, 1.82) is 0 Å². The highest BCUT2D eigenvalue weighted by Crippen LogP contribution is 2.15. The topological polar surface area (TPSA) is 58.2 Å². The third-order valence-electron chi connectivity index (χ3n) is 2.05. The van der Waals surface area contributed by atoms with E-state index in [4.69, 9.17) is 11.6 Å². The van der Waals surface area contributed by atoms with E-state index in [1.165, 1.54) is 6.07 Å². The minimum atomic E-state index is -0.430. The molecule has 0 saturated heterocycles. The molecule has 0 bridgehead atoms. The average molecular weight is 338 g/mol. The first-order valence-corrected chi connectivity index (χ1v) is 6.39. The van der Waals surface area contributed by atoms with Crippen LogP contribution in [0.5, 0.6) is 0 Å². The van der Waals surface area contributed by atoms with Gasteiger partial charge >= 0.3 is 0 Å². The zero-order valence-electron chi connectivity index (χ0n) is 9.30. The fraction of sp³-hybridized carbons (Fsp3) is 0.273. The third kappa shape index (κ3) is 5.01. The highest BCUT2D eigenvalue weighted by molar-refractivity contribution is 9.10. The first-order valence-electron chi connectivity index (χ1n) is 5.06. The van der Waals surface area contributed by atoms with Crippen molar-refractivity contribution in [3.8, 4) is 0 Å². The molecule has 0 spiro atoms. The molecule has 0 aliphatic rings. The van der Waals surface area contributed by atoms with Crippen molar-refractivity contribution in [2.75, 3.05) is 12.4 Å². The summed E-state index contributed by atoms with van der Waals surface area (Å²) in [6.07, 6.45) is 0. The number of alkyl halides is 1. The SMILES string of the molecule is O=C(CCl)NCC(=O)NCc1cc(Br)ccc1F. The summed E-state index contributed by atoms with van der Waals surface area (Å²) < 4.78 is 14.1. The summed E-state index contributed by atoms with van der Waals surface area (Å²) in [6.45, 7) is -0.123. The molecule has 0 aliphatic heterocycles. The summed E-state index contributed by atoms with van der Waals surface area (Å²) >= 11 is 8.46. The van der Waals surface area contributed by atoms with Crippen molar-refractivity contribution in [3.05, 3.63) is 34.1 Å². The van der Waals surface area contributed by atoms with E-state index in [-0.39, 0.29) is 19.0 Å². The number of nitrogens with one attached hydrogen (secondary N) is 2. The highest BCUT2D eigenvalue weighted by atomic mass is 79.9. The van der Waals surface area contributed by atoms with Crippen molar-refractivity contribution >= 4 is 39.3 Å². The van der Waals surface area contributed by atoms with Crippen LogP contribution in [0.3, 0.4) is 0 Å². The van der Waals surface area contributed by atoms with E-state index >= 15 is 0 Å². The zero-order valence-corrected chi connectivity index (χ0v) is 11.6. The summed E-state index contributed by atoms with van der Waals surface area (Å²) in [6, 6.07) is 4.45. The predicted octanol–water partition coefficient (Wildman–Crippen LogP) is 1.56. The first-order chi connectivity index (χ1) is 8.52. The Kier molecular flexibility index (Phi) is 6.07. The molecule has 1 aromatic carbocycles. The second-order valence-corrected chi connectivity index (χ2v) is 4.61. The van der Waals surface area contributed by atoms with Crippen LogP contribution in [0.1, 0.15) is 5.56 Å². The van der Waals surface area contributed by atoms with Crippen LogP contribution in [0, 0.1) is 5.82 Å². The number of carbonyl (C=O) groups is 2. The fourth-order valence-corrected chi connectivity index (χ4v) is 1.66. The molecular weight excluding hydrogens is 326 g/mol. The molecule has 0 fully saturated rings.